The summed E-state index contributed by atoms with van der Waals surface area (Å²) < 4.78 is 21.8. The third-order valence-corrected chi connectivity index (χ3v) is 6.93. The second kappa shape index (κ2) is 8.14. The minimum atomic E-state index is -0.466. The Balaban J connectivity index is 1.28. The van der Waals surface area contributed by atoms with Gasteiger partial charge in [-0.15, -0.1) is 23.5 Å². The van der Waals surface area contributed by atoms with E-state index in [-0.39, 0.29) is 13.4 Å². The molecule has 7 heteroatoms. The molecule has 0 unspecified atom stereocenters. The van der Waals surface area contributed by atoms with Crippen LogP contribution in [0.5, 0.6) is 23.0 Å². The van der Waals surface area contributed by atoms with Crippen LogP contribution in [0.2, 0.25) is 0 Å². The number of carbonyl (C=O) groups is 1. The number of fused-ring (bicyclic) bond motifs is 1. The Labute approximate surface area is 160 Å². The molecule has 2 aliphatic rings. The van der Waals surface area contributed by atoms with Crippen LogP contribution in [0, 0.1) is 0 Å². The molecule has 0 spiro atoms. The van der Waals surface area contributed by atoms with Crippen molar-refractivity contribution in [3.63, 3.8) is 0 Å². The number of rotatable bonds is 5. The normalized spacial score (nSPS) is 16.3. The molecule has 0 aliphatic carbocycles. The Hall–Kier alpha value is -1.99. The van der Waals surface area contributed by atoms with Gasteiger partial charge in [-0.3, -0.25) is 0 Å². The molecule has 0 aromatic heterocycles. The van der Waals surface area contributed by atoms with E-state index in [1.807, 2.05) is 35.7 Å². The van der Waals surface area contributed by atoms with Crippen LogP contribution in [0.4, 0.5) is 0 Å². The lowest BCUT2D eigenvalue weighted by Crippen LogP contribution is -2.17. The second-order valence-corrected chi connectivity index (χ2v) is 8.50. The second-order valence-electron chi connectivity index (χ2n) is 5.77. The molecule has 0 radical (unpaired) electrons. The van der Waals surface area contributed by atoms with Crippen LogP contribution in [0.3, 0.4) is 0 Å². The standard InChI is InChI=1S/C19H18O5S2/c20-18(24-15-6-7-16-17(10-15)23-12-22-16)11-21-14-4-2-13(3-5-14)19-25-8-1-9-26-19/h2-7,10,19H,1,8-9,11-12H2. The fourth-order valence-electron chi connectivity index (χ4n) is 2.64. The molecule has 2 aromatic rings. The maximum Gasteiger partial charge on any atom is 0.349 e. The van der Waals surface area contributed by atoms with Gasteiger partial charge in [0.2, 0.25) is 6.79 Å². The summed E-state index contributed by atoms with van der Waals surface area (Å²) in [7, 11) is 0. The highest BCUT2D eigenvalue weighted by Gasteiger charge is 2.17. The fourth-order valence-corrected chi connectivity index (χ4v) is 5.54. The maximum atomic E-state index is 12.0. The number of thioether (sulfide) groups is 2. The van der Waals surface area contributed by atoms with Crippen molar-refractivity contribution in [2.75, 3.05) is 24.9 Å². The van der Waals surface area contributed by atoms with E-state index in [9.17, 15) is 4.79 Å². The molecule has 0 N–H and O–H groups in total. The first-order valence-corrected chi connectivity index (χ1v) is 10.4. The molecule has 4 rings (SSSR count). The van der Waals surface area contributed by atoms with Crippen LogP contribution in [0.1, 0.15) is 16.6 Å². The summed E-state index contributed by atoms with van der Waals surface area (Å²) in [5.74, 6) is 4.24. The molecule has 5 nitrogen and oxygen atoms in total. The predicted octanol–water partition coefficient (Wildman–Crippen LogP) is 4.27. The van der Waals surface area contributed by atoms with Crippen molar-refractivity contribution >= 4 is 29.5 Å². The van der Waals surface area contributed by atoms with Crippen LogP contribution >= 0.6 is 23.5 Å². The summed E-state index contributed by atoms with van der Waals surface area (Å²) in [4.78, 5) is 12.0. The van der Waals surface area contributed by atoms with Crippen molar-refractivity contribution < 1.29 is 23.7 Å². The number of carbonyl (C=O) groups excluding carboxylic acids is 1. The third kappa shape index (κ3) is 4.22. The maximum absolute atomic E-state index is 12.0. The van der Waals surface area contributed by atoms with Gasteiger partial charge in [0.05, 0.1) is 4.58 Å². The lowest BCUT2D eigenvalue weighted by molar-refractivity contribution is -0.136. The minimum absolute atomic E-state index is 0.152. The molecule has 26 heavy (non-hydrogen) atoms. The predicted molar refractivity (Wildman–Crippen MR) is 102 cm³/mol. The quantitative estimate of drug-likeness (QED) is 0.558. The molecule has 136 valence electrons. The molecule has 0 saturated carbocycles. The van der Waals surface area contributed by atoms with Crippen molar-refractivity contribution in [3.8, 4) is 23.0 Å². The van der Waals surface area contributed by atoms with Crippen molar-refractivity contribution in [2.45, 2.75) is 11.0 Å². The van der Waals surface area contributed by atoms with E-state index in [0.717, 1.165) is 0 Å². The van der Waals surface area contributed by atoms with E-state index in [2.05, 4.69) is 12.1 Å². The average molecular weight is 390 g/mol. The summed E-state index contributed by atoms with van der Waals surface area (Å²) in [6.45, 7) is 0.0322. The lowest BCUT2D eigenvalue weighted by Gasteiger charge is -2.21. The molecule has 0 amide bonds. The Bertz CT molecular complexity index is 772. The van der Waals surface area contributed by atoms with Crippen LogP contribution < -0.4 is 18.9 Å². The van der Waals surface area contributed by atoms with Gasteiger partial charge in [-0.25, -0.2) is 4.79 Å². The Morgan fingerprint density at radius 1 is 1.00 bits per heavy atom. The first-order chi connectivity index (χ1) is 12.8. The van der Waals surface area contributed by atoms with E-state index in [1.165, 1.54) is 23.5 Å². The number of hydrogen-bond acceptors (Lipinski definition) is 7. The van der Waals surface area contributed by atoms with Gasteiger partial charge in [0.25, 0.3) is 0 Å². The van der Waals surface area contributed by atoms with Gasteiger partial charge in [-0.1, -0.05) is 12.1 Å². The first kappa shape index (κ1) is 17.4. The van der Waals surface area contributed by atoms with E-state index < -0.39 is 5.97 Å². The summed E-state index contributed by atoms with van der Waals surface area (Å²) in [5, 5.41) is 0. The van der Waals surface area contributed by atoms with Crippen LogP contribution in [-0.4, -0.2) is 30.9 Å². The number of esters is 1. The van der Waals surface area contributed by atoms with Crippen molar-refractivity contribution in [2.24, 2.45) is 0 Å². The molecule has 0 atom stereocenters. The van der Waals surface area contributed by atoms with Crippen molar-refractivity contribution in [3.05, 3.63) is 48.0 Å². The largest absolute Gasteiger partial charge is 0.482 e. The smallest absolute Gasteiger partial charge is 0.349 e. The summed E-state index contributed by atoms with van der Waals surface area (Å²) >= 11 is 3.96. The highest BCUT2D eigenvalue weighted by atomic mass is 32.2. The summed E-state index contributed by atoms with van der Waals surface area (Å²) in [5.41, 5.74) is 1.29. The molecular formula is C19H18O5S2. The zero-order valence-electron chi connectivity index (χ0n) is 14.0. The van der Waals surface area contributed by atoms with Crippen LogP contribution in [0.25, 0.3) is 0 Å². The Morgan fingerprint density at radius 3 is 2.54 bits per heavy atom. The third-order valence-electron chi connectivity index (χ3n) is 3.91. The minimum Gasteiger partial charge on any atom is -0.482 e. The van der Waals surface area contributed by atoms with Gasteiger partial charge in [-0.05, 0) is 47.8 Å². The van der Waals surface area contributed by atoms with Gasteiger partial charge in [0, 0.05) is 6.07 Å². The van der Waals surface area contributed by atoms with E-state index in [0.29, 0.717) is 27.6 Å². The number of benzene rings is 2. The van der Waals surface area contributed by atoms with Crippen molar-refractivity contribution in [1.29, 1.82) is 0 Å². The first-order valence-electron chi connectivity index (χ1n) is 8.34. The van der Waals surface area contributed by atoms with Gasteiger partial charge in [0.1, 0.15) is 11.5 Å². The average Bonchev–Trinajstić information content (AvgIpc) is 3.15. The van der Waals surface area contributed by atoms with E-state index in [1.54, 1.807) is 18.2 Å². The molecule has 1 fully saturated rings. The zero-order chi connectivity index (χ0) is 17.8. The van der Waals surface area contributed by atoms with Gasteiger partial charge >= 0.3 is 5.97 Å². The summed E-state index contributed by atoms with van der Waals surface area (Å²) in [6, 6.07) is 12.9. The van der Waals surface area contributed by atoms with Crippen molar-refractivity contribution in [1.82, 2.24) is 0 Å². The molecule has 2 heterocycles. The highest BCUT2D eigenvalue weighted by Crippen LogP contribution is 2.43. The molecule has 2 aromatic carbocycles. The SMILES string of the molecule is O=C(COc1ccc(C2SCCCS2)cc1)Oc1ccc2c(c1)OCO2. The van der Waals surface area contributed by atoms with Gasteiger partial charge in [-0.2, -0.15) is 0 Å². The number of ether oxygens (including phenoxy) is 4. The Morgan fingerprint density at radius 2 is 1.73 bits per heavy atom. The van der Waals surface area contributed by atoms with E-state index >= 15 is 0 Å². The molecule has 2 aliphatic heterocycles. The number of hydrogen-bond donors (Lipinski definition) is 0. The Kier molecular flexibility index (Phi) is 5.45. The molecular weight excluding hydrogens is 372 g/mol. The van der Waals surface area contributed by atoms with Gasteiger partial charge in [0.15, 0.2) is 18.1 Å². The van der Waals surface area contributed by atoms with Crippen LogP contribution in [-0.2, 0) is 4.79 Å². The fraction of sp³-hybridized carbons (Fsp3) is 0.316. The van der Waals surface area contributed by atoms with E-state index in [4.69, 9.17) is 18.9 Å². The van der Waals surface area contributed by atoms with Crippen LogP contribution in [0.15, 0.2) is 42.5 Å². The molecule has 0 bridgehead atoms. The monoisotopic (exact) mass is 390 g/mol. The topological polar surface area (TPSA) is 54.0 Å². The lowest BCUT2D eigenvalue weighted by atomic mass is 10.2. The zero-order valence-corrected chi connectivity index (χ0v) is 15.6. The summed E-state index contributed by atoms with van der Waals surface area (Å²) in [6.07, 6.45) is 1.28. The van der Waals surface area contributed by atoms with Gasteiger partial charge < -0.3 is 18.9 Å². The highest BCUT2D eigenvalue weighted by molar-refractivity contribution is 8.16. The molecule has 1 saturated heterocycles.